The summed E-state index contributed by atoms with van der Waals surface area (Å²) < 4.78 is 13.0. The Morgan fingerprint density at radius 2 is 2.18 bits per heavy atom. The molecule has 1 heterocycles. The summed E-state index contributed by atoms with van der Waals surface area (Å²) in [5.41, 5.74) is -1.34. The average molecular weight is 163 g/mol. The second-order valence-corrected chi connectivity index (χ2v) is 2.59. The van der Waals surface area contributed by atoms with Gasteiger partial charge in [0.2, 0.25) is 0 Å². The van der Waals surface area contributed by atoms with Crippen molar-refractivity contribution >= 4 is 0 Å². The minimum absolute atomic E-state index is 0.309. The number of rotatable bonds is 1. The number of nitrogens with one attached hydrogen (secondary N) is 1. The van der Waals surface area contributed by atoms with Crippen LogP contribution >= 0.6 is 0 Å². The molecule has 1 fully saturated rings. The summed E-state index contributed by atoms with van der Waals surface area (Å²) in [6.07, 6.45) is 1.33. The van der Waals surface area contributed by atoms with Gasteiger partial charge in [-0.25, -0.2) is 4.39 Å². The molecule has 0 aliphatic carbocycles. The number of piperidine rings is 1. The molecule has 2 N–H and O–H groups in total. The third-order valence-electron chi connectivity index (χ3n) is 1.70. The van der Waals surface area contributed by atoms with E-state index in [9.17, 15) is 4.39 Å². The Bertz CT molecular complexity index is 92.1. The van der Waals surface area contributed by atoms with Crippen LogP contribution in [0.3, 0.4) is 0 Å². The van der Waals surface area contributed by atoms with E-state index in [1.807, 2.05) is 13.8 Å². The molecule has 0 spiro atoms. The lowest BCUT2D eigenvalue weighted by Gasteiger charge is -2.27. The first-order chi connectivity index (χ1) is 5.27. The van der Waals surface area contributed by atoms with Crippen molar-refractivity contribution in [2.45, 2.75) is 32.4 Å². The summed E-state index contributed by atoms with van der Waals surface area (Å²) in [5.74, 6) is 0. The van der Waals surface area contributed by atoms with Crippen LogP contribution in [0.2, 0.25) is 0 Å². The molecule has 0 aromatic rings. The third-order valence-corrected chi connectivity index (χ3v) is 1.70. The topological polar surface area (TPSA) is 32.3 Å². The van der Waals surface area contributed by atoms with Gasteiger partial charge in [0.05, 0.1) is 6.61 Å². The highest BCUT2D eigenvalue weighted by Gasteiger charge is 2.30. The Morgan fingerprint density at radius 3 is 2.45 bits per heavy atom. The Labute approximate surface area is 67.8 Å². The molecule has 1 saturated heterocycles. The van der Waals surface area contributed by atoms with Gasteiger partial charge in [-0.05, 0) is 19.4 Å². The number of alkyl halides is 1. The van der Waals surface area contributed by atoms with E-state index in [4.69, 9.17) is 5.11 Å². The monoisotopic (exact) mass is 163 g/mol. The van der Waals surface area contributed by atoms with Crippen LogP contribution in [0.5, 0.6) is 0 Å². The molecule has 0 radical (unpaired) electrons. The molecule has 0 aromatic heterocycles. The molecule has 11 heavy (non-hydrogen) atoms. The van der Waals surface area contributed by atoms with Crippen LogP contribution in [0.1, 0.15) is 26.7 Å². The first kappa shape index (κ1) is 10.8. The Morgan fingerprint density at radius 1 is 1.55 bits per heavy atom. The Hall–Kier alpha value is -0.150. The molecule has 0 aromatic carbocycles. The van der Waals surface area contributed by atoms with E-state index in [1.54, 1.807) is 0 Å². The van der Waals surface area contributed by atoms with Gasteiger partial charge in [-0.2, -0.15) is 0 Å². The van der Waals surface area contributed by atoms with E-state index in [-0.39, 0.29) is 6.61 Å². The van der Waals surface area contributed by atoms with Gasteiger partial charge in [-0.1, -0.05) is 13.8 Å². The molecule has 68 valence electrons. The minimum Gasteiger partial charge on any atom is -0.393 e. The summed E-state index contributed by atoms with van der Waals surface area (Å²) in [6.45, 7) is 4.84. The van der Waals surface area contributed by atoms with Crippen LogP contribution < -0.4 is 5.32 Å². The molecule has 0 amide bonds. The summed E-state index contributed by atoms with van der Waals surface area (Å²) in [7, 11) is 0. The number of aliphatic hydroxyl groups excluding tert-OH is 1. The second-order valence-electron chi connectivity index (χ2n) is 2.59. The number of hydrogen-bond donors (Lipinski definition) is 2. The van der Waals surface area contributed by atoms with Crippen molar-refractivity contribution in [3.8, 4) is 0 Å². The smallest absolute Gasteiger partial charge is 0.146 e. The Balaban J connectivity index is 0.000000461. The fourth-order valence-corrected chi connectivity index (χ4v) is 1.07. The lowest BCUT2D eigenvalue weighted by molar-refractivity contribution is 0.0479. The van der Waals surface area contributed by atoms with E-state index in [0.29, 0.717) is 13.0 Å². The second kappa shape index (κ2) is 5.49. The molecular weight excluding hydrogens is 145 g/mol. The standard InChI is InChI=1S/C6H12FNO.C2H6/c7-6(5-9)2-1-3-8-4-6;1-2/h8-9H,1-5H2;1-2H3. The van der Waals surface area contributed by atoms with Crippen molar-refractivity contribution in [3.63, 3.8) is 0 Å². The van der Waals surface area contributed by atoms with E-state index in [1.165, 1.54) is 0 Å². The van der Waals surface area contributed by atoms with Crippen LogP contribution in [0.4, 0.5) is 4.39 Å². The van der Waals surface area contributed by atoms with E-state index >= 15 is 0 Å². The zero-order valence-electron chi connectivity index (χ0n) is 7.36. The van der Waals surface area contributed by atoms with Crippen molar-refractivity contribution < 1.29 is 9.50 Å². The lowest BCUT2D eigenvalue weighted by atomic mass is 9.97. The van der Waals surface area contributed by atoms with Crippen molar-refractivity contribution in [1.82, 2.24) is 5.32 Å². The van der Waals surface area contributed by atoms with Gasteiger partial charge in [-0.3, -0.25) is 0 Å². The molecule has 2 nitrogen and oxygen atoms in total. The maximum Gasteiger partial charge on any atom is 0.146 e. The molecular formula is C8H18FNO. The number of hydrogen-bond acceptors (Lipinski definition) is 2. The van der Waals surface area contributed by atoms with Gasteiger partial charge in [0, 0.05) is 6.54 Å². The van der Waals surface area contributed by atoms with Crippen molar-refractivity contribution in [3.05, 3.63) is 0 Å². The van der Waals surface area contributed by atoms with Gasteiger partial charge in [0.15, 0.2) is 0 Å². The van der Waals surface area contributed by atoms with Crippen molar-refractivity contribution in [2.75, 3.05) is 19.7 Å². The zero-order valence-corrected chi connectivity index (χ0v) is 7.36. The first-order valence-electron chi connectivity index (χ1n) is 4.27. The highest BCUT2D eigenvalue weighted by molar-refractivity contribution is 4.84. The van der Waals surface area contributed by atoms with E-state index < -0.39 is 5.67 Å². The van der Waals surface area contributed by atoms with Gasteiger partial charge in [-0.15, -0.1) is 0 Å². The average Bonchev–Trinajstić information content (AvgIpc) is 2.10. The summed E-state index contributed by atoms with van der Waals surface area (Å²) in [5, 5.41) is 11.4. The lowest BCUT2D eigenvalue weighted by Crippen LogP contribution is -2.44. The third kappa shape index (κ3) is 3.68. The summed E-state index contributed by atoms with van der Waals surface area (Å²) in [6, 6.07) is 0. The van der Waals surface area contributed by atoms with Crippen LogP contribution in [-0.4, -0.2) is 30.5 Å². The van der Waals surface area contributed by atoms with Crippen LogP contribution in [0.15, 0.2) is 0 Å². The Kier molecular flexibility index (Phi) is 5.42. The summed E-state index contributed by atoms with van der Waals surface area (Å²) in [4.78, 5) is 0. The fraction of sp³-hybridized carbons (Fsp3) is 1.00. The van der Waals surface area contributed by atoms with Crippen molar-refractivity contribution in [2.24, 2.45) is 0 Å². The molecule has 0 bridgehead atoms. The van der Waals surface area contributed by atoms with Gasteiger partial charge >= 0.3 is 0 Å². The van der Waals surface area contributed by atoms with E-state index in [0.717, 1.165) is 13.0 Å². The van der Waals surface area contributed by atoms with Gasteiger partial charge in [0.1, 0.15) is 5.67 Å². The maximum absolute atomic E-state index is 13.0. The van der Waals surface area contributed by atoms with Gasteiger partial charge < -0.3 is 10.4 Å². The highest BCUT2D eigenvalue weighted by atomic mass is 19.1. The zero-order chi connectivity index (χ0) is 8.74. The van der Waals surface area contributed by atoms with E-state index in [2.05, 4.69) is 5.32 Å². The quantitative estimate of drug-likeness (QED) is 0.606. The number of aliphatic hydroxyl groups is 1. The first-order valence-corrected chi connectivity index (χ1v) is 4.27. The molecule has 1 aliphatic heterocycles. The molecule has 1 unspecified atom stereocenters. The minimum atomic E-state index is -1.34. The fourth-order valence-electron chi connectivity index (χ4n) is 1.07. The molecule has 0 saturated carbocycles. The van der Waals surface area contributed by atoms with Crippen LogP contribution in [0, 0.1) is 0 Å². The van der Waals surface area contributed by atoms with Gasteiger partial charge in [0.25, 0.3) is 0 Å². The normalized spacial score (nSPS) is 30.5. The van der Waals surface area contributed by atoms with Crippen molar-refractivity contribution in [1.29, 1.82) is 0 Å². The molecule has 1 aliphatic rings. The predicted molar refractivity (Wildman–Crippen MR) is 44.4 cm³/mol. The largest absolute Gasteiger partial charge is 0.393 e. The maximum atomic E-state index is 13.0. The number of halogens is 1. The summed E-state index contributed by atoms with van der Waals surface area (Å²) >= 11 is 0. The predicted octanol–water partition coefficient (Wildman–Crippen LogP) is 1.10. The molecule has 1 rings (SSSR count). The van der Waals surface area contributed by atoms with Crippen LogP contribution in [0.25, 0.3) is 0 Å². The molecule has 3 heteroatoms. The SMILES string of the molecule is CC.OCC1(F)CCCNC1. The molecule has 1 atom stereocenters. The van der Waals surface area contributed by atoms with Crippen LogP contribution in [-0.2, 0) is 0 Å². The highest BCUT2D eigenvalue weighted by Crippen LogP contribution is 2.19.